The summed E-state index contributed by atoms with van der Waals surface area (Å²) in [5.74, 6) is 2.77. The lowest BCUT2D eigenvalue weighted by Gasteiger charge is -2.03. The van der Waals surface area contributed by atoms with E-state index in [4.69, 9.17) is 0 Å². The standard InChI is InChI=1S/C5H10S2/c1-5(2)6-3-4-7-5/h3-4H2,1-2H3/p+1. The number of hydrogen-bond donors (Lipinski definition) is 0. The number of thiol groups is 1. The van der Waals surface area contributed by atoms with Gasteiger partial charge in [-0.2, -0.15) is 0 Å². The molecule has 0 amide bonds. The molecule has 2 heteroatoms. The first-order valence-corrected chi connectivity index (χ1v) is 4.60. The van der Waals surface area contributed by atoms with E-state index in [-0.39, 0.29) is 0 Å². The number of rotatable bonds is 0. The van der Waals surface area contributed by atoms with Gasteiger partial charge in [0, 0.05) is 5.75 Å². The van der Waals surface area contributed by atoms with E-state index in [0.29, 0.717) is 4.08 Å². The lowest BCUT2D eigenvalue weighted by molar-refractivity contribution is 1.04. The molecule has 1 fully saturated rings. The molecule has 42 valence electrons. The maximum absolute atomic E-state index is 2.31. The van der Waals surface area contributed by atoms with Crippen LogP contribution < -0.4 is 0 Å². The summed E-state index contributed by atoms with van der Waals surface area (Å²) in [4.78, 5) is 0. The monoisotopic (exact) mass is 135 g/mol. The predicted molar refractivity (Wildman–Crippen MR) is 40.2 cm³/mol. The Kier molecular flexibility index (Phi) is 1.58. The maximum atomic E-state index is 2.31. The van der Waals surface area contributed by atoms with Crippen molar-refractivity contribution in [1.82, 2.24) is 0 Å². The zero-order valence-corrected chi connectivity index (χ0v) is 6.48. The first kappa shape index (κ1) is 5.83. The number of thioether (sulfide) groups is 1. The zero-order valence-electron chi connectivity index (χ0n) is 4.77. The van der Waals surface area contributed by atoms with E-state index in [1.54, 1.807) is 11.8 Å². The fourth-order valence-corrected chi connectivity index (χ4v) is 3.34. The Hall–Kier alpha value is 0.700. The van der Waals surface area contributed by atoms with Gasteiger partial charge in [-0.25, -0.2) is 0 Å². The highest BCUT2D eigenvalue weighted by Gasteiger charge is 2.32. The number of hydrogen-bond acceptors (Lipinski definition) is 1. The Labute approximate surface area is 53.4 Å². The van der Waals surface area contributed by atoms with Crippen molar-refractivity contribution in [3.8, 4) is 0 Å². The quantitative estimate of drug-likeness (QED) is 0.356. The molecule has 0 N–H and O–H groups in total. The smallest absolute Gasteiger partial charge is 0.0981 e. The van der Waals surface area contributed by atoms with Crippen molar-refractivity contribution in [2.45, 2.75) is 17.9 Å². The average molecular weight is 135 g/mol. The van der Waals surface area contributed by atoms with Crippen LogP contribution in [0.15, 0.2) is 0 Å². The highest BCUT2D eigenvalue weighted by Crippen LogP contribution is 2.31. The van der Waals surface area contributed by atoms with Crippen LogP contribution in [0.4, 0.5) is 0 Å². The molecule has 0 nitrogen and oxygen atoms in total. The normalized spacial score (nSPS) is 28.3. The minimum absolute atomic E-state index is 0.583. The van der Waals surface area contributed by atoms with Gasteiger partial charge in [0.25, 0.3) is 0 Å². The van der Waals surface area contributed by atoms with Gasteiger partial charge < -0.3 is 0 Å². The summed E-state index contributed by atoms with van der Waals surface area (Å²) in [7, 11) is 0. The van der Waals surface area contributed by atoms with E-state index >= 15 is 0 Å². The topological polar surface area (TPSA) is 0 Å². The third-order valence-electron chi connectivity index (χ3n) is 1.04. The molecule has 0 unspecified atom stereocenters. The van der Waals surface area contributed by atoms with E-state index in [9.17, 15) is 0 Å². The molecule has 1 heterocycles. The molecule has 1 aliphatic rings. The Morgan fingerprint density at radius 1 is 1.57 bits per heavy atom. The highest BCUT2D eigenvalue weighted by molar-refractivity contribution is 8.13. The molecule has 0 aromatic carbocycles. The van der Waals surface area contributed by atoms with Crippen molar-refractivity contribution >= 4 is 23.5 Å². The van der Waals surface area contributed by atoms with Gasteiger partial charge in [0.15, 0.2) is 4.08 Å². The van der Waals surface area contributed by atoms with E-state index < -0.39 is 0 Å². The molecule has 0 spiro atoms. The van der Waals surface area contributed by atoms with Crippen molar-refractivity contribution in [3.63, 3.8) is 0 Å². The van der Waals surface area contributed by atoms with Crippen molar-refractivity contribution in [3.05, 3.63) is 0 Å². The van der Waals surface area contributed by atoms with Crippen molar-refractivity contribution < 1.29 is 0 Å². The summed E-state index contributed by atoms with van der Waals surface area (Å²) in [5, 5.41) is 0. The van der Waals surface area contributed by atoms with Gasteiger partial charge in [0.1, 0.15) is 5.75 Å². The molecule has 0 aromatic rings. The fourth-order valence-electron chi connectivity index (χ4n) is 0.656. The lowest BCUT2D eigenvalue weighted by Crippen LogP contribution is -2.10. The largest absolute Gasteiger partial charge is 0.165 e. The molecule has 0 atom stereocenters. The summed E-state index contributed by atoms with van der Waals surface area (Å²) in [6.45, 7) is 4.62. The Morgan fingerprint density at radius 3 is 2.43 bits per heavy atom. The molecule has 0 aromatic heterocycles. The summed E-state index contributed by atoms with van der Waals surface area (Å²) in [5.41, 5.74) is 0. The van der Waals surface area contributed by atoms with E-state index in [0.717, 1.165) is 0 Å². The zero-order chi connectivity index (χ0) is 5.33. The first-order chi connectivity index (χ1) is 3.21. The molecular weight excluding hydrogens is 124 g/mol. The van der Waals surface area contributed by atoms with Gasteiger partial charge in [0.05, 0.1) is 0 Å². The van der Waals surface area contributed by atoms with Crippen LogP contribution in [0.2, 0.25) is 0 Å². The molecule has 0 saturated carbocycles. The second-order valence-corrected chi connectivity index (χ2v) is 6.08. The highest BCUT2D eigenvalue weighted by atomic mass is 32.2. The molecule has 1 rings (SSSR count). The Bertz CT molecular complexity index is 60.5. The average Bonchev–Trinajstić information content (AvgIpc) is 1.84. The SMILES string of the molecule is CC1(C)SCC[SH+]1. The minimum atomic E-state index is 0.583. The minimum Gasteiger partial charge on any atom is -0.0981 e. The third-order valence-corrected chi connectivity index (χ3v) is 4.44. The molecule has 0 radical (unpaired) electrons. The second kappa shape index (κ2) is 1.90. The van der Waals surface area contributed by atoms with E-state index in [2.05, 4.69) is 25.6 Å². The van der Waals surface area contributed by atoms with Crippen LogP contribution in [0.25, 0.3) is 0 Å². The fraction of sp³-hybridized carbons (Fsp3) is 1.00. The van der Waals surface area contributed by atoms with Gasteiger partial charge in [0.2, 0.25) is 0 Å². The van der Waals surface area contributed by atoms with Gasteiger partial charge in [-0.1, -0.05) is 11.8 Å². The van der Waals surface area contributed by atoms with Gasteiger partial charge in [-0.05, 0) is 25.6 Å². The predicted octanol–water partition coefficient (Wildman–Crippen LogP) is 1.28. The Balaban J connectivity index is 2.40. The first-order valence-electron chi connectivity index (χ1n) is 2.53. The molecular formula is C5H11S2+. The molecule has 1 saturated heterocycles. The molecule has 0 bridgehead atoms. The second-order valence-electron chi connectivity index (χ2n) is 2.18. The van der Waals surface area contributed by atoms with Crippen LogP contribution in [0, 0.1) is 0 Å². The van der Waals surface area contributed by atoms with Gasteiger partial charge in [-0.15, -0.1) is 0 Å². The van der Waals surface area contributed by atoms with Crippen LogP contribution in [0.5, 0.6) is 0 Å². The van der Waals surface area contributed by atoms with Gasteiger partial charge >= 0.3 is 0 Å². The molecule has 1 aliphatic heterocycles. The van der Waals surface area contributed by atoms with Crippen LogP contribution >= 0.6 is 11.8 Å². The summed E-state index contributed by atoms with van der Waals surface area (Å²) in [6.07, 6.45) is 0. The third kappa shape index (κ3) is 1.57. The van der Waals surface area contributed by atoms with Crippen molar-refractivity contribution in [2.24, 2.45) is 0 Å². The van der Waals surface area contributed by atoms with E-state index in [1.165, 1.54) is 11.5 Å². The summed E-state index contributed by atoms with van der Waals surface area (Å²) >= 11 is 3.72. The maximum Gasteiger partial charge on any atom is 0.165 e. The van der Waals surface area contributed by atoms with Crippen LogP contribution in [-0.2, 0) is 11.8 Å². The van der Waals surface area contributed by atoms with Crippen LogP contribution in [0.3, 0.4) is 0 Å². The molecule has 0 aliphatic carbocycles. The van der Waals surface area contributed by atoms with Crippen molar-refractivity contribution in [2.75, 3.05) is 11.5 Å². The van der Waals surface area contributed by atoms with Crippen LogP contribution in [0.1, 0.15) is 13.8 Å². The summed E-state index contributed by atoms with van der Waals surface area (Å²) < 4.78 is 0.583. The molecule has 7 heavy (non-hydrogen) atoms. The van der Waals surface area contributed by atoms with Gasteiger partial charge in [-0.3, -0.25) is 0 Å². The lowest BCUT2D eigenvalue weighted by atomic mass is 10.5. The van der Waals surface area contributed by atoms with E-state index in [1.807, 2.05) is 0 Å². The Morgan fingerprint density at radius 2 is 2.29 bits per heavy atom. The summed E-state index contributed by atoms with van der Waals surface area (Å²) in [6, 6.07) is 0. The van der Waals surface area contributed by atoms with Crippen LogP contribution in [-0.4, -0.2) is 15.6 Å². The van der Waals surface area contributed by atoms with Crippen molar-refractivity contribution in [1.29, 1.82) is 0 Å².